The largest absolute Gasteiger partial charge is 0.497 e. The number of ketones is 1. The van der Waals surface area contributed by atoms with Gasteiger partial charge in [-0.15, -0.1) is 0 Å². The summed E-state index contributed by atoms with van der Waals surface area (Å²) in [5.41, 5.74) is 3.72. The quantitative estimate of drug-likeness (QED) is 0.343. The van der Waals surface area contributed by atoms with Gasteiger partial charge in [-0.3, -0.25) is 9.59 Å². The van der Waals surface area contributed by atoms with E-state index in [9.17, 15) is 9.59 Å². The molecule has 0 radical (unpaired) electrons. The first kappa shape index (κ1) is 24.4. The molecule has 8 nitrogen and oxygen atoms in total. The number of nitrogens with zero attached hydrogens (tertiary/aromatic N) is 4. The molecular weight excluding hydrogens is 444 g/mol. The molecule has 0 bridgehead atoms. The first-order valence-electron chi connectivity index (χ1n) is 12.0. The second kappa shape index (κ2) is 11.2. The summed E-state index contributed by atoms with van der Waals surface area (Å²) in [6.45, 7) is 5.84. The number of Topliss-reactive ketones (excluding diaryl/α,β-unsaturated/α-hetero) is 1. The Labute approximate surface area is 205 Å². The summed E-state index contributed by atoms with van der Waals surface area (Å²) in [6, 6.07) is 11.7. The van der Waals surface area contributed by atoms with Gasteiger partial charge in [0.2, 0.25) is 11.7 Å². The van der Waals surface area contributed by atoms with Crippen LogP contribution in [0.25, 0.3) is 0 Å². The van der Waals surface area contributed by atoms with Gasteiger partial charge in [-0.2, -0.15) is 0 Å². The lowest BCUT2D eigenvalue weighted by Crippen LogP contribution is -2.38. The van der Waals surface area contributed by atoms with Crippen molar-refractivity contribution < 1.29 is 19.1 Å². The van der Waals surface area contributed by atoms with Gasteiger partial charge in [0.25, 0.3) is 0 Å². The lowest BCUT2D eigenvalue weighted by atomic mass is 9.97. The van der Waals surface area contributed by atoms with E-state index in [4.69, 9.17) is 9.47 Å². The van der Waals surface area contributed by atoms with Crippen LogP contribution in [0.2, 0.25) is 0 Å². The molecule has 1 saturated heterocycles. The first-order valence-corrected chi connectivity index (χ1v) is 12.0. The summed E-state index contributed by atoms with van der Waals surface area (Å²) in [5.74, 6) is 0.828. The molecule has 0 aliphatic carbocycles. The molecule has 3 aromatic rings. The van der Waals surface area contributed by atoms with Crippen molar-refractivity contribution in [3.63, 3.8) is 0 Å². The number of aromatic nitrogens is 3. The van der Waals surface area contributed by atoms with Crippen LogP contribution in [0.3, 0.4) is 0 Å². The number of piperidine rings is 1. The standard InChI is InChI=1S/C27H32N4O4/c1-19-17-24(20(2)31(19)16-9-21-5-7-23(34-3)8-6-21)25(32)18-35-26(33)22-10-14-30(15-11-22)27-28-12-4-13-29-27/h4-8,12-13,17,22H,9-11,14-16,18H2,1-3H3. The number of anilines is 1. The Hall–Kier alpha value is -3.68. The molecule has 35 heavy (non-hydrogen) atoms. The van der Waals surface area contributed by atoms with Gasteiger partial charge < -0.3 is 18.9 Å². The van der Waals surface area contributed by atoms with E-state index in [-0.39, 0.29) is 24.3 Å². The summed E-state index contributed by atoms with van der Waals surface area (Å²) in [5, 5.41) is 0. The molecule has 4 rings (SSSR count). The third kappa shape index (κ3) is 5.88. The summed E-state index contributed by atoms with van der Waals surface area (Å²) in [6.07, 6.45) is 5.58. The van der Waals surface area contributed by atoms with Crippen LogP contribution in [-0.2, 0) is 22.5 Å². The Morgan fingerprint density at radius 1 is 1.06 bits per heavy atom. The predicted molar refractivity (Wildman–Crippen MR) is 133 cm³/mol. The molecule has 0 saturated carbocycles. The lowest BCUT2D eigenvalue weighted by molar-refractivity contribution is -0.148. The number of benzene rings is 1. The number of methoxy groups -OCH3 is 1. The minimum Gasteiger partial charge on any atom is -0.497 e. The maximum absolute atomic E-state index is 12.9. The molecule has 1 fully saturated rings. The van der Waals surface area contributed by atoms with Crippen LogP contribution in [0.5, 0.6) is 5.75 Å². The molecule has 3 heterocycles. The van der Waals surface area contributed by atoms with Crippen LogP contribution >= 0.6 is 0 Å². The lowest BCUT2D eigenvalue weighted by Gasteiger charge is -2.30. The first-order chi connectivity index (χ1) is 17.0. The Morgan fingerprint density at radius 3 is 2.40 bits per heavy atom. The zero-order valence-corrected chi connectivity index (χ0v) is 20.6. The fourth-order valence-electron chi connectivity index (χ4n) is 4.56. The summed E-state index contributed by atoms with van der Waals surface area (Å²) < 4.78 is 12.8. The second-order valence-corrected chi connectivity index (χ2v) is 8.88. The van der Waals surface area contributed by atoms with Gasteiger partial charge in [0.1, 0.15) is 5.75 Å². The third-order valence-electron chi connectivity index (χ3n) is 6.67. The number of aryl methyl sites for hydroxylation is 2. The molecular formula is C27H32N4O4. The van der Waals surface area contributed by atoms with Crippen molar-refractivity contribution in [2.75, 3.05) is 31.7 Å². The van der Waals surface area contributed by atoms with E-state index < -0.39 is 0 Å². The SMILES string of the molecule is COc1ccc(CCn2c(C)cc(C(=O)COC(=O)C3CCN(c4ncccn4)CC3)c2C)cc1. The molecule has 0 atom stereocenters. The van der Waals surface area contributed by atoms with Crippen LogP contribution in [0.4, 0.5) is 5.95 Å². The Morgan fingerprint density at radius 2 is 1.74 bits per heavy atom. The fraction of sp³-hybridized carbons (Fsp3) is 0.407. The third-order valence-corrected chi connectivity index (χ3v) is 6.67. The van der Waals surface area contributed by atoms with Crippen molar-refractivity contribution in [2.45, 2.75) is 39.7 Å². The van der Waals surface area contributed by atoms with E-state index in [1.807, 2.05) is 32.0 Å². The number of ether oxygens (including phenoxy) is 2. The van der Waals surface area contributed by atoms with Crippen molar-refractivity contribution in [1.82, 2.24) is 14.5 Å². The Kier molecular flexibility index (Phi) is 7.80. The topological polar surface area (TPSA) is 86.5 Å². The van der Waals surface area contributed by atoms with Crippen LogP contribution in [0.15, 0.2) is 48.8 Å². The van der Waals surface area contributed by atoms with E-state index in [0.717, 1.165) is 30.1 Å². The van der Waals surface area contributed by atoms with Crippen LogP contribution in [0, 0.1) is 19.8 Å². The van der Waals surface area contributed by atoms with Gasteiger partial charge >= 0.3 is 5.97 Å². The molecule has 8 heteroatoms. The summed E-state index contributed by atoms with van der Waals surface area (Å²) in [4.78, 5) is 36.1. The number of hydrogen-bond acceptors (Lipinski definition) is 7. The van der Waals surface area contributed by atoms with E-state index >= 15 is 0 Å². The van der Waals surface area contributed by atoms with E-state index in [1.54, 1.807) is 25.6 Å². The average molecular weight is 477 g/mol. The monoisotopic (exact) mass is 476 g/mol. The zero-order valence-electron chi connectivity index (χ0n) is 20.6. The smallest absolute Gasteiger partial charge is 0.309 e. The highest BCUT2D eigenvalue weighted by Crippen LogP contribution is 2.22. The molecule has 1 aliphatic rings. The molecule has 1 aromatic carbocycles. The summed E-state index contributed by atoms with van der Waals surface area (Å²) >= 11 is 0. The van der Waals surface area contributed by atoms with Gasteiger partial charge in [0.15, 0.2) is 6.61 Å². The normalized spacial score (nSPS) is 14.1. The zero-order chi connectivity index (χ0) is 24.8. The van der Waals surface area contributed by atoms with E-state index in [2.05, 4.69) is 31.6 Å². The van der Waals surface area contributed by atoms with E-state index in [0.29, 0.717) is 37.4 Å². The highest BCUT2D eigenvalue weighted by molar-refractivity contribution is 5.99. The minimum absolute atomic E-state index is 0.169. The average Bonchev–Trinajstić information content (AvgIpc) is 3.19. The Bertz CT molecular complexity index is 1150. The molecule has 0 spiro atoms. The highest BCUT2D eigenvalue weighted by atomic mass is 16.5. The molecule has 2 aromatic heterocycles. The van der Waals surface area contributed by atoms with Gasteiger partial charge in [-0.25, -0.2) is 9.97 Å². The molecule has 0 N–H and O–H groups in total. The second-order valence-electron chi connectivity index (χ2n) is 8.88. The van der Waals surface area contributed by atoms with Gasteiger partial charge in [0, 0.05) is 49.0 Å². The van der Waals surface area contributed by atoms with Crippen molar-refractivity contribution in [2.24, 2.45) is 5.92 Å². The molecule has 0 amide bonds. The molecule has 184 valence electrons. The fourth-order valence-corrected chi connectivity index (χ4v) is 4.56. The summed E-state index contributed by atoms with van der Waals surface area (Å²) in [7, 11) is 1.65. The van der Waals surface area contributed by atoms with Crippen LogP contribution in [0.1, 0.15) is 40.2 Å². The number of carbonyl (C=O) groups is 2. The van der Waals surface area contributed by atoms with Gasteiger partial charge in [-0.05, 0) is 62.9 Å². The van der Waals surface area contributed by atoms with Gasteiger partial charge in [-0.1, -0.05) is 12.1 Å². The maximum Gasteiger partial charge on any atom is 0.309 e. The number of esters is 1. The van der Waals surface area contributed by atoms with Crippen molar-refractivity contribution in [3.05, 3.63) is 71.3 Å². The number of rotatable bonds is 9. The van der Waals surface area contributed by atoms with Crippen molar-refractivity contribution in [1.29, 1.82) is 0 Å². The minimum atomic E-state index is -0.305. The molecule has 0 unspecified atom stereocenters. The molecule has 1 aliphatic heterocycles. The maximum atomic E-state index is 12.9. The number of carbonyl (C=O) groups excluding carboxylic acids is 2. The van der Waals surface area contributed by atoms with Crippen molar-refractivity contribution >= 4 is 17.7 Å². The van der Waals surface area contributed by atoms with E-state index in [1.165, 1.54) is 5.56 Å². The van der Waals surface area contributed by atoms with Gasteiger partial charge in [0.05, 0.1) is 13.0 Å². The predicted octanol–water partition coefficient (Wildman–Crippen LogP) is 3.79. The van der Waals surface area contributed by atoms with Crippen LogP contribution in [-0.4, -0.2) is 53.1 Å². The van der Waals surface area contributed by atoms with Crippen molar-refractivity contribution in [3.8, 4) is 5.75 Å². The van der Waals surface area contributed by atoms with Crippen LogP contribution < -0.4 is 9.64 Å². The highest BCUT2D eigenvalue weighted by Gasteiger charge is 2.28. The Balaban J connectivity index is 1.28. The number of hydrogen-bond donors (Lipinski definition) is 0.